The molecule has 2 unspecified atom stereocenters. The fraction of sp³-hybridized carbons (Fsp3) is 0.618. The highest BCUT2D eigenvalue weighted by Gasteiger charge is 2.79. The maximum absolute atomic E-state index is 14.8. The Bertz CT molecular complexity index is 1180. The van der Waals surface area contributed by atoms with Crippen LogP contribution in [0.2, 0.25) is 0 Å². The zero-order valence-electron chi connectivity index (χ0n) is 26.1. The molecule has 6 atom stereocenters. The number of carbonyl (C=O) groups excluding carboxylic acids is 3. The lowest BCUT2D eigenvalue weighted by molar-refractivity contribution is -0.160. The van der Waals surface area contributed by atoms with E-state index in [1.807, 2.05) is 65.0 Å². The zero-order valence-corrected chi connectivity index (χ0v) is 26.1. The second-order valence-electron chi connectivity index (χ2n) is 13.1. The first-order valence-electron chi connectivity index (χ1n) is 15.5. The number of amides is 3. The summed E-state index contributed by atoms with van der Waals surface area (Å²) in [6, 6.07) is 8.04. The molecule has 3 saturated heterocycles. The molecule has 3 amide bonds. The van der Waals surface area contributed by atoms with E-state index in [0.717, 1.165) is 12.0 Å². The average Bonchev–Trinajstić information content (AvgIpc) is 3.57. The van der Waals surface area contributed by atoms with Gasteiger partial charge in [0.2, 0.25) is 17.7 Å². The number of nitrogens with zero attached hydrogens (tertiary/aromatic N) is 3. The van der Waals surface area contributed by atoms with Crippen molar-refractivity contribution in [3.63, 3.8) is 0 Å². The monoisotopic (exact) mass is 579 g/mol. The van der Waals surface area contributed by atoms with Crippen LogP contribution in [-0.4, -0.2) is 92.6 Å². The number of hydrogen-bond acceptors (Lipinski definition) is 5. The molecule has 1 N–H and O–H groups in total. The number of carbonyl (C=O) groups is 3. The van der Waals surface area contributed by atoms with Crippen molar-refractivity contribution >= 4 is 17.7 Å². The Kier molecular flexibility index (Phi) is 9.38. The molecule has 3 fully saturated rings. The lowest BCUT2D eigenvalue weighted by Gasteiger charge is -2.43. The van der Waals surface area contributed by atoms with Crippen molar-refractivity contribution < 1.29 is 24.2 Å². The normalized spacial score (nSPS) is 28.9. The first-order valence-corrected chi connectivity index (χ1v) is 15.5. The molecule has 0 radical (unpaired) electrons. The number of likely N-dealkylation sites (tertiary alicyclic amines) is 1. The summed E-state index contributed by atoms with van der Waals surface area (Å²) in [7, 11) is 0. The Balaban J connectivity index is 1.88. The van der Waals surface area contributed by atoms with Crippen molar-refractivity contribution in [2.45, 2.75) is 95.5 Å². The van der Waals surface area contributed by atoms with Crippen LogP contribution in [0.4, 0.5) is 0 Å². The largest absolute Gasteiger partial charge is 0.394 e. The Morgan fingerprint density at radius 2 is 1.79 bits per heavy atom. The van der Waals surface area contributed by atoms with Crippen LogP contribution in [-0.2, 0) is 25.5 Å². The summed E-state index contributed by atoms with van der Waals surface area (Å²) in [5, 5.41) is 10.7. The fourth-order valence-corrected chi connectivity index (χ4v) is 7.73. The number of benzene rings is 1. The van der Waals surface area contributed by atoms with E-state index < -0.39 is 40.7 Å². The maximum atomic E-state index is 14.8. The van der Waals surface area contributed by atoms with Gasteiger partial charge in [-0.25, -0.2) is 0 Å². The highest BCUT2D eigenvalue weighted by atomic mass is 16.5. The highest BCUT2D eigenvalue weighted by Crippen LogP contribution is 2.65. The molecule has 2 bridgehead atoms. The number of hydrogen-bond donors (Lipinski definition) is 1. The molecule has 42 heavy (non-hydrogen) atoms. The average molecular weight is 580 g/mol. The third-order valence-corrected chi connectivity index (χ3v) is 9.58. The molecule has 1 spiro atoms. The van der Waals surface area contributed by atoms with Crippen LogP contribution in [0.25, 0.3) is 0 Å². The first kappa shape index (κ1) is 32.0. The van der Waals surface area contributed by atoms with Crippen molar-refractivity contribution in [1.29, 1.82) is 0 Å². The lowest BCUT2D eigenvalue weighted by atomic mass is 9.64. The van der Waals surface area contributed by atoms with Crippen molar-refractivity contribution in [1.82, 2.24) is 14.7 Å². The summed E-state index contributed by atoms with van der Waals surface area (Å²) < 4.78 is 6.99. The van der Waals surface area contributed by atoms with Gasteiger partial charge in [0.05, 0.1) is 30.1 Å². The van der Waals surface area contributed by atoms with Crippen LogP contribution in [0, 0.1) is 11.8 Å². The van der Waals surface area contributed by atoms with E-state index in [2.05, 4.69) is 13.2 Å². The SMILES string of the molecule is C=CCN(CCC)C(=O)[C@H]1[C@H]2C(=O)N([C@@H](CO)Cc3ccccc3)C(C(=O)N(CC=C)C(C)(C)C)C23CC[C@]1(CC)O3. The van der Waals surface area contributed by atoms with Gasteiger partial charge in [0.1, 0.15) is 11.6 Å². The van der Waals surface area contributed by atoms with Gasteiger partial charge in [-0.15, -0.1) is 13.2 Å². The fourth-order valence-electron chi connectivity index (χ4n) is 7.73. The topological polar surface area (TPSA) is 90.4 Å². The van der Waals surface area contributed by atoms with Crippen LogP contribution in [0.5, 0.6) is 0 Å². The van der Waals surface area contributed by atoms with Crippen molar-refractivity contribution in [3.8, 4) is 0 Å². The van der Waals surface area contributed by atoms with Crippen LogP contribution >= 0.6 is 0 Å². The minimum Gasteiger partial charge on any atom is -0.394 e. The van der Waals surface area contributed by atoms with Crippen LogP contribution in [0.15, 0.2) is 55.6 Å². The van der Waals surface area contributed by atoms with Gasteiger partial charge in [0.15, 0.2) is 0 Å². The molecular formula is C34H49N3O5. The van der Waals surface area contributed by atoms with E-state index >= 15 is 0 Å². The molecule has 3 heterocycles. The van der Waals surface area contributed by atoms with E-state index in [1.165, 1.54) is 0 Å². The van der Waals surface area contributed by atoms with Gasteiger partial charge in [-0.3, -0.25) is 14.4 Å². The number of rotatable bonds is 13. The summed E-state index contributed by atoms with van der Waals surface area (Å²) in [5.41, 5.74) is -1.59. The molecule has 4 rings (SSSR count). The number of aliphatic hydroxyl groups is 1. The lowest BCUT2D eigenvalue weighted by Crippen LogP contribution is -2.62. The van der Waals surface area contributed by atoms with Crippen molar-refractivity contribution in [3.05, 3.63) is 61.2 Å². The molecule has 0 aliphatic carbocycles. The molecule has 230 valence electrons. The molecule has 1 aromatic rings. The van der Waals surface area contributed by atoms with Crippen LogP contribution < -0.4 is 0 Å². The van der Waals surface area contributed by atoms with Crippen LogP contribution in [0.1, 0.15) is 65.9 Å². The second-order valence-corrected chi connectivity index (χ2v) is 13.1. The smallest absolute Gasteiger partial charge is 0.249 e. The highest BCUT2D eigenvalue weighted by molar-refractivity contribution is 5.99. The van der Waals surface area contributed by atoms with Gasteiger partial charge in [-0.2, -0.15) is 0 Å². The van der Waals surface area contributed by atoms with E-state index in [-0.39, 0.29) is 24.3 Å². The van der Waals surface area contributed by atoms with E-state index in [0.29, 0.717) is 45.3 Å². The van der Waals surface area contributed by atoms with Gasteiger partial charge in [0.25, 0.3) is 0 Å². The van der Waals surface area contributed by atoms with Crippen molar-refractivity contribution in [2.75, 3.05) is 26.2 Å². The minimum atomic E-state index is -1.16. The Labute approximate surface area is 251 Å². The Morgan fingerprint density at radius 1 is 1.12 bits per heavy atom. The summed E-state index contributed by atoms with van der Waals surface area (Å²) in [6.07, 6.45) is 6.21. The number of aliphatic hydroxyl groups excluding tert-OH is 1. The van der Waals surface area contributed by atoms with Gasteiger partial charge in [0, 0.05) is 25.2 Å². The molecule has 0 saturated carbocycles. The quantitative estimate of drug-likeness (QED) is 0.357. The number of ether oxygens (including phenoxy) is 1. The summed E-state index contributed by atoms with van der Waals surface area (Å²) in [6.45, 7) is 18.6. The molecule has 0 aromatic heterocycles. The van der Waals surface area contributed by atoms with E-state index in [4.69, 9.17) is 4.74 Å². The van der Waals surface area contributed by atoms with Gasteiger partial charge in [-0.05, 0) is 58.4 Å². The Morgan fingerprint density at radius 3 is 2.33 bits per heavy atom. The Hall–Kier alpha value is -2.97. The van der Waals surface area contributed by atoms with Gasteiger partial charge in [-0.1, -0.05) is 56.3 Å². The van der Waals surface area contributed by atoms with Gasteiger partial charge < -0.3 is 24.5 Å². The van der Waals surface area contributed by atoms with Crippen molar-refractivity contribution in [2.24, 2.45) is 11.8 Å². The summed E-state index contributed by atoms with van der Waals surface area (Å²) in [5.74, 6) is -2.16. The van der Waals surface area contributed by atoms with E-state index in [1.54, 1.807) is 26.9 Å². The molecule has 1 aromatic carbocycles. The second kappa shape index (κ2) is 12.3. The minimum absolute atomic E-state index is 0.117. The molecule has 3 aliphatic heterocycles. The summed E-state index contributed by atoms with van der Waals surface area (Å²) >= 11 is 0. The molecule has 3 aliphatic rings. The third-order valence-electron chi connectivity index (χ3n) is 9.58. The maximum Gasteiger partial charge on any atom is 0.249 e. The zero-order chi connectivity index (χ0) is 30.9. The summed E-state index contributed by atoms with van der Waals surface area (Å²) in [4.78, 5) is 49.0. The molecule has 8 heteroatoms. The number of fused-ring (bicyclic) bond motifs is 1. The van der Waals surface area contributed by atoms with E-state index in [9.17, 15) is 19.5 Å². The predicted octanol–water partition coefficient (Wildman–Crippen LogP) is 3.98. The van der Waals surface area contributed by atoms with Crippen LogP contribution in [0.3, 0.4) is 0 Å². The van der Waals surface area contributed by atoms with Gasteiger partial charge >= 0.3 is 0 Å². The molecular weight excluding hydrogens is 530 g/mol. The predicted molar refractivity (Wildman–Crippen MR) is 163 cm³/mol. The standard InChI is InChI=1S/C34H49N3O5/c1-8-19-35(20-9-2)29(39)26-27-30(40)37(25(23-38)22-24-15-13-12-14-16-24)28(31(41)36(21-10-3)32(5,6)7)34(27)18-17-33(26,11-4)42-34/h8,10,12-16,25-28,38H,1,3,9,11,17-23H2,2,4-7H3/t25-,26-,27+,28?,33+,34?/m1/s1. The molecule has 8 nitrogen and oxygen atoms in total. The third kappa shape index (κ3) is 5.21. The first-order chi connectivity index (χ1) is 20.0.